The number of fused-ring (bicyclic) bond motifs is 1. The Morgan fingerprint density at radius 1 is 1.09 bits per heavy atom. The first-order valence-electron chi connectivity index (χ1n) is 10.7. The van der Waals surface area contributed by atoms with E-state index in [4.69, 9.17) is 4.98 Å². The van der Waals surface area contributed by atoms with Gasteiger partial charge in [0, 0.05) is 31.6 Å². The van der Waals surface area contributed by atoms with Gasteiger partial charge in [0.15, 0.2) is 0 Å². The summed E-state index contributed by atoms with van der Waals surface area (Å²) in [5.74, 6) is 0.621. The fourth-order valence-electron chi connectivity index (χ4n) is 3.77. The van der Waals surface area contributed by atoms with Gasteiger partial charge in [-0.2, -0.15) is 0 Å². The van der Waals surface area contributed by atoms with Crippen LogP contribution in [0.2, 0.25) is 0 Å². The summed E-state index contributed by atoms with van der Waals surface area (Å²) in [6.07, 6.45) is 3.93. The second kappa shape index (κ2) is 10.6. The Bertz CT molecular complexity index is 1140. The number of aryl methyl sites for hydroxylation is 2. The van der Waals surface area contributed by atoms with Crippen molar-refractivity contribution < 1.29 is 9.59 Å². The van der Waals surface area contributed by atoms with E-state index in [0.29, 0.717) is 31.6 Å². The Hall–Kier alpha value is -3.67. The van der Waals surface area contributed by atoms with Gasteiger partial charge in [-0.1, -0.05) is 42.0 Å². The zero-order valence-electron chi connectivity index (χ0n) is 18.8. The zero-order chi connectivity index (χ0) is 23.1. The van der Waals surface area contributed by atoms with Crippen molar-refractivity contribution in [1.29, 1.82) is 0 Å². The predicted molar refractivity (Wildman–Crippen MR) is 129 cm³/mol. The van der Waals surface area contributed by atoms with E-state index in [9.17, 15) is 9.59 Å². The van der Waals surface area contributed by atoms with Crippen LogP contribution in [0, 0.1) is 13.8 Å². The Kier molecular flexibility index (Phi) is 7.60. The maximum atomic E-state index is 12.9. The van der Waals surface area contributed by atoms with Crippen LogP contribution in [0.1, 0.15) is 27.3 Å². The third kappa shape index (κ3) is 5.32. The first kappa shape index (κ1) is 23.0. The maximum absolute atomic E-state index is 12.9. The van der Waals surface area contributed by atoms with Crippen molar-refractivity contribution in [2.75, 3.05) is 19.6 Å². The minimum absolute atomic E-state index is 0.0338. The van der Waals surface area contributed by atoms with Crippen molar-refractivity contribution in [3.63, 3.8) is 0 Å². The number of imidazole rings is 1. The molecule has 0 fully saturated rings. The van der Waals surface area contributed by atoms with Crippen molar-refractivity contribution >= 4 is 22.8 Å². The fraction of sp³-hybridized carbons (Fsp3) is 0.269. The molecular formula is C26H30N4O2. The van der Waals surface area contributed by atoms with Crippen molar-refractivity contribution in [3.05, 3.63) is 90.3 Å². The number of hydrogen-bond donors (Lipinski definition) is 1. The van der Waals surface area contributed by atoms with E-state index in [0.717, 1.165) is 28.0 Å². The van der Waals surface area contributed by atoms with E-state index in [1.807, 2.05) is 60.9 Å². The quantitative estimate of drug-likeness (QED) is 0.497. The number of aromatic nitrogens is 2. The number of amides is 2. The van der Waals surface area contributed by atoms with Crippen molar-refractivity contribution in [1.82, 2.24) is 19.8 Å². The Labute approximate surface area is 189 Å². The van der Waals surface area contributed by atoms with Gasteiger partial charge in [0.2, 0.25) is 5.91 Å². The van der Waals surface area contributed by atoms with Crippen LogP contribution < -0.4 is 5.32 Å². The second-order valence-electron chi connectivity index (χ2n) is 7.80. The van der Waals surface area contributed by atoms with E-state index in [-0.39, 0.29) is 18.4 Å². The molecule has 32 heavy (non-hydrogen) atoms. The summed E-state index contributed by atoms with van der Waals surface area (Å²) in [5.41, 5.74) is 4.47. The van der Waals surface area contributed by atoms with Gasteiger partial charge in [0.25, 0.3) is 5.91 Å². The standard InChI is InChI=1S/C26H30N4O2/c1-5-15-29(16-6-2)25(31)18-30-23-10-8-7-9-22(23)28-24(30)13-14-27-26(32)21-12-11-19(3)17-20(21)4/h5-12,17H,1-2,13-16,18H2,3-4H3,(H,27,32). The fourth-order valence-corrected chi connectivity index (χ4v) is 3.77. The summed E-state index contributed by atoms with van der Waals surface area (Å²) in [6, 6.07) is 13.5. The number of carbonyl (C=O) groups is 2. The van der Waals surface area contributed by atoms with Crippen LogP contribution in [-0.2, 0) is 17.8 Å². The molecule has 0 aliphatic heterocycles. The van der Waals surface area contributed by atoms with Crippen LogP contribution in [-0.4, -0.2) is 45.9 Å². The molecule has 0 spiro atoms. The Morgan fingerprint density at radius 3 is 2.50 bits per heavy atom. The average Bonchev–Trinajstić information content (AvgIpc) is 3.10. The summed E-state index contributed by atoms with van der Waals surface area (Å²) < 4.78 is 1.93. The van der Waals surface area contributed by atoms with Crippen LogP contribution >= 0.6 is 0 Å². The molecule has 0 saturated carbocycles. The van der Waals surface area contributed by atoms with Crippen LogP contribution in [0.5, 0.6) is 0 Å². The number of nitrogens with zero attached hydrogens (tertiary/aromatic N) is 3. The Morgan fingerprint density at radius 2 is 1.81 bits per heavy atom. The molecule has 6 heteroatoms. The molecule has 166 valence electrons. The lowest BCUT2D eigenvalue weighted by Gasteiger charge is -2.20. The van der Waals surface area contributed by atoms with Crippen molar-refractivity contribution in [3.8, 4) is 0 Å². The molecule has 1 N–H and O–H groups in total. The molecule has 0 bridgehead atoms. The highest BCUT2D eigenvalue weighted by Gasteiger charge is 2.17. The number of hydrogen-bond acceptors (Lipinski definition) is 3. The second-order valence-corrected chi connectivity index (χ2v) is 7.80. The molecule has 0 saturated heterocycles. The first-order chi connectivity index (χ1) is 15.4. The van der Waals surface area contributed by atoms with Crippen LogP contribution in [0.15, 0.2) is 67.8 Å². The monoisotopic (exact) mass is 430 g/mol. The van der Waals surface area contributed by atoms with E-state index >= 15 is 0 Å². The highest BCUT2D eigenvalue weighted by Crippen LogP contribution is 2.17. The number of rotatable bonds is 10. The lowest BCUT2D eigenvalue weighted by molar-refractivity contribution is -0.130. The van der Waals surface area contributed by atoms with Crippen molar-refractivity contribution in [2.45, 2.75) is 26.8 Å². The highest BCUT2D eigenvalue weighted by molar-refractivity contribution is 5.95. The third-order valence-corrected chi connectivity index (χ3v) is 5.34. The number of para-hydroxylation sites is 2. The minimum atomic E-state index is -0.107. The lowest BCUT2D eigenvalue weighted by atomic mass is 10.1. The Balaban J connectivity index is 1.76. The molecular weight excluding hydrogens is 400 g/mol. The van der Waals surface area contributed by atoms with Gasteiger partial charge in [-0.3, -0.25) is 9.59 Å². The summed E-state index contributed by atoms with van der Waals surface area (Å²) in [5, 5.41) is 2.98. The molecule has 6 nitrogen and oxygen atoms in total. The third-order valence-electron chi connectivity index (χ3n) is 5.34. The molecule has 3 aromatic rings. The molecule has 1 aromatic heterocycles. The number of nitrogens with one attached hydrogen (secondary N) is 1. The summed E-state index contributed by atoms with van der Waals surface area (Å²) in [7, 11) is 0. The van der Waals surface area contributed by atoms with Gasteiger partial charge < -0.3 is 14.8 Å². The molecule has 0 radical (unpaired) electrons. The molecule has 3 rings (SSSR count). The number of carbonyl (C=O) groups excluding carboxylic acids is 2. The van der Waals surface area contributed by atoms with Gasteiger partial charge >= 0.3 is 0 Å². The van der Waals surface area contributed by atoms with Crippen LogP contribution in [0.25, 0.3) is 11.0 Å². The van der Waals surface area contributed by atoms with Gasteiger partial charge in [0.05, 0.1) is 11.0 Å². The summed E-state index contributed by atoms with van der Waals surface area (Å²) >= 11 is 0. The predicted octanol–water partition coefficient (Wildman–Crippen LogP) is 3.83. The molecule has 1 heterocycles. The van der Waals surface area contributed by atoms with E-state index in [1.54, 1.807) is 17.1 Å². The normalized spacial score (nSPS) is 10.7. The van der Waals surface area contributed by atoms with E-state index < -0.39 is 0 Å². The summed E-state index contributed by atoms with van der Waals surface area (Å²) in [4.78, 5) is 32.0. The van der Waals surface area contributed by atoms with Gasteiger partial charge in [-0.05, 0) is 37.6 Å². The van der Waals surface area contributed by atoms with Gasteiger partial charge in [-0.15, -0.1) is 13.2 Å². The van der Waals surface area contributed by atoms with Crippen molar-refractivity contribution in [2.24, 2.45) is 0 Å². The first-order valence-corrected chi connectivity index (χ1v) is 10.7. The van der Waals surface area contributed by atoms with Gasteiger partial charge in [-0.25, -0.2) is 4.98 Å². The largest absolute Gasteiger partial charge is 0.352 e. The highest BCUT2D eigenvalue weighted by atomic mass is 16.2. The smallest absolute Gasteiger partial charge is 0.251 e. The molecule has 0 aliphatic carbocycles. The number of benzene rings is 2. The van der Waals surface area contributed by atoms with E-state index in [2.05, 4.69) is 18.5 Å². The lowest BCUT2D eigenvalue weighted by Crippen LogP contribution is -2.34. The maximum Gasteiger partial charge on any atom is 0.251 e. The summed E-state index contributed by atoms with van der Waals surface area (Å²) in [6.45, 7) is 12.9. The minimum Gasteiger partial charge on any atom is -0.352 e. The molecule has 2 amide bonds. The zero-order valence-corrected chi connectivity index (χ0v) is 18.8. The molecule has 0 unspecified atom stereocenters. The SMILES string of the molecule is C=CCN(CC=C)C(=O)Cn1c(CCNC(=O)c2ccc(C)cc2C)nc2ccccc21. The van der Waals surface area contributed by atoms with Crippen LogP contribution in [0.3, 0.4) is 0 Å². The van der Waals surface area contributed by atoms with Crippen LogP contribution in [0.4, 0.5) is 0 Å². The van der Waals surface area contributed by atoms with Gasteiger partial charge in [0.1, 0.15) is 12.4 Å². The topological polar surface area (TPSA) is 67.2 Å². The molecule has 2 aromatic carbocycles. The average molecular weight is 431 g/mol. The van der Waals surface area contributed by atoms with E-state index in [1.165, 1.54) is 0 Å². The molecule has 0 aliphatic rings. The molecule has 0 atom stereocenters.